The van der Waals surface area contributed by atoms with E-state index < -0.39 is 0 Å². The van der Waals surface area contributed by atoms with Crippen molar-refractivity contribution in [1.29, 1.82) is 0 Å². The minimum atomic E-state index is 0.0958. The summed E-state index contributed by atoms with van der Waals surface area (Å²) < 4.78 is 0.957. The number of rotatable bonds is 2. The van der Waals surface area contributed by atoms with Gasteiger partial charge in [-0.3, -0.25) is 9.69 Å². The molecule has 1 heterocycles. The number of hydrogen-bond acceptors (Lipinski definition) is 2. The molecule has 19 heavy (non-hydrogen) atoms. The number of benzene rings is 1. The number of carbonyl (C=O) groups is 1. The molecule has 1 atom stereocenters. The second-order valence-electron chi connectivity index (χ2n) is 4.92. The Labute approximate surface area is 133 Å². The van der Waals surface area contributed by atoms with Crippen LogP contribution in [0.5, 0.6) is 0 Å². The molecule has 1 amide bonds. The zero-order valence-corrected chi connectivity index (χ0v) is 14.1. The predicted octanol–water partition coefficient (Wildman–Crippen LogP) is 3.11. The Morgan fingerprint density at radius 2 is 2.21 bits per heavy atom. The Balaban J connectivity index is 2.18. The Morgan fingerprint density at radius 3 is 2.89 bits per heavy atom. The first-order valence-electron chi connectivity index (χ1n) is 6.47. The lowest BCUT2D eigenvalue weighted by molar-refractivity contribution is 0.0541. The largest absolute Gasteiger partial charge is 0.336 e. The molecule has 0 aromatic heterocycles. The van der Waals surface area contributed by atoms with Gasteiger partial charge in [-0.25, -0.2) is 0 Å². The SMILES string of the molecule is CCC1CN(C(=O)c2cc(Cl)ccc2I)CCN1C. The van der Waals surface area contributed by atoms with Gasteiger partial charge < -0.3 is 4.90 Å². The maximum Gasteiger partial charge on any atom is 0.255 e. The second-order valence-corrected chi connectivity index (χ2v) is 6.52. The van der Waals surface area contributed by atoms with E-state index >= 15 is 0 Å². The maximum absolute atomic E-state index is 12.6. The van der Waals surface area contributed by atoms with Crippen LogP contribution in [0.1, 0.15) is 23.7 Å². The molecule has 0 bridgehead atoms. The van der Waals surface area contributed by atoms with Gasteiger partial charge in [-0.15, -0.1) is 0 Å². The monoisotopic (exact) mass is 392 g/mol. The molecule has 0 radical (unpaired) electrons. The molecule has 1 saturated heterocycles. The summed E-state index contributed by atoms with van der Waals surface area (Å²) in [4.78, 5) is 16.9. The van der Waals surface area contributed by atoms with Crippen molar-refractivity contribution in [2.45, 2.75) is 19.4 Å². The molecule has 0 saturated carbocycles. The Kier molecular flexibility index (Phi) is 5.09. The Bertz CT molecular complexity index is 481. The quantitative estimate of drug-likeness (QED) is 0.722. The average Bonchev–Trinajstić information content (AvgIpc) is 2.41. The van der Waals surface area contributed by atoms with E-state index in [-0.39, 0.29) is 5.91 Å². The highest BCUT2D eigenvalue weighted by Gasteiger charge is 2.27. The van der Waals surface area contributed by atoms with Crippen LogP contribution in [0.2, 0.25) is 5.02 Å². The number of halogens is 2. The van der Waals surface area contributed by atoms with Gasteiger partial charge in [0.05, 0.1) is 5.56 Å². The van der Waals surface area contributed by atoms with Crippen LogP contribution in [0.25, 0.3) is 0 Å². The summed E-state index contributed by atoms with van der Waals surface area (Å²) in [7, 11) is 2.12. The highest BCUT2D eigenvalue weighted by atomic mass is 127. The molecule has 3 nitrogen and oxygen atoms in total. The summed E-state index contributed by atoms with van der Waals surface area (Å²) in [5, 5.41) is 0.616. The van der Waals surface area contributed by atoms with Crippen LogP contribution in [0, 0.1) is 3.57 Å². The normalized spacial score (nSPS) is 20.6. The molecule has 1 aliphatic heterocycles. The summed E-state index contributed by atoms with van der Waals surface area (Å²) in [5.74, 6) is 0.0958. The Hall–Kier alpha value is -0.330. The number of hydrogen-bond donors (Lipinski definition) is 0. The molecular formula is C14H18ClIN2O. The number of piperazine rings is 1. The molecule has 0 aliphatic carbocycles. The van der Waals surface area contributed by atoms with Crippen LogP contribution in [0.4, 0.5) is 0 Å². The second kappa shape index (κ2) is 6.41. The topological polar surface area (TPSA) is 23.6 Å². The predicted molar refractivity (Wildman–Crippen MR) is 86.8 cm³/mol. The third-order valence-corrected chi connectivity index (χ3v) is 4.87. The van der Waals surface area contributed by atoms with Crippen LogP contribution in [-0.2, 0) is 0 Å². The number of nitrogens with zero attached hydrogens (tertiary/aromatic N) is 2. The summed E-state index contributed by atoms with van der Waals surface area (Å²) in [6, 6.07) is 5.93. The van der Waals surface area contributed by atoms with Crippen molar-refractivity contribution in [3.63, 3.8) is 0 Å². The molecule has 1 unspecified atom stereocenters. The van der Waals surface area contributed by atoms with Gasteiger partial charge in [-0.1, -0.05) is 18.5 Å². The first-order valence-corrected chi connectivity index (χ1v) is 7.93. The van der Waals surface area contributed by atoms with E-state index in [0.29, 0.717) is 16.6 Å². The summed E-state index contributed by atoms with van der Waals surface area (Å²) in [6.07, 6.45) is 1.06. The molecule has 1 aliphatic rings. The molecule has 2 rings (SSSR count). The van der Waals surface area contributed by atoms with E-state index in [4.69, 9.17) is 11.6 Å². The summed E-state index contributed by atoms with van der Waals surface area (Å²) in [6.45, 7) is 4.68. The van der Waals surface area contributed by atoms with Crippen LogP contribution in [0.15, 0.2) is 18.2 Å². The smallest absolute Gasteiger partial charge is 0.255 e. The van der Waals surface area contributed by atoms with Gasteiger partial charge in [0.15, 0.2) is 0 Å². The van der Waals surface area contributed by atoms with Crippen molar-refractivity contribution in [2.75, 3.05) is 26.7 Å². The highest BCUT2D eigenvalue weighted by molar-refractivity contribution is 14.1. The summed E-state index contributed by atoms with van der Waals surface area (Å²) >= 11 is 8.19. The van der Waals surface area contributed by atoms with Crippen molar-refractivity contribution < 1.29 is 4.79 Å². The molecule has 1 fully saturated rings. The number of carbonyl (C=O) groups excluding carboxylic acids is 1. The standard InChI is InChI=1S/C14H18ClIN2O/c1-3-11-9-18(7-6-17(11)2)14(19)12-8-10(15)4-5-13(12)16/h4-5,8,11H,3,6-7,9H2,1-2H3. The lowest BCUT2D eigenvalue weighted by Gasteiger charge is -2.39. The van der Waals surface area contributed by atoms with Gasteiger partial charge in [0.25, 0.3) is 5.91 Å². The molecule has 5 heteroatoms. The number of amides is 1. The van der Waals surface area contributed by atoms with E-state index in [1.54, 1.807) is 6.07 Å². The molecule has 1 aromatic rings. The average molecular weight is 393 g/mol. The fourth-order valence-electron chi connectivity index (χ4n) is 2.40. The third-order valence-electron chi connectivity index (χ3n) is 3.69. The minimum Gasteiger partial charge on any atom is -0.336 e. The van der Waals surface area contributed by atoms with Crippen molar-refractivity contribution in [1.82, 2.24) is 9.80 Å². The van der Waals surface area contributed by atoms with Gasteiger partial charge >= 0.3 is 0 Å². The van der Waals surface area contributed by atoms with Gasteiger partial charge in [0.2, 0.25) is 0 Å². The first-order chi connectivity index (χ1) is 9.02. The van der Waals surface area contributed by atoms with Crippen LogP contribution in [-0.4, -0.2) is 48.4 Å². The fraction of sp³-hybridized carbons (Fsp3) is 0.500. The molecule has 0 spiro atoms. The first kappa shape index (κ1) is 15.1. The fourth-order valence-corrected chi connectivity index (χ4v) is 3.14. The van der Waals surface area contributed by atoms with Crippen LogP contribution < -0.4 is 0 Å². The molecule has 0 N–H and O–H groups in total. The van der Waals surface area contributed by atoms with Crippen molar-refractivity contribution in [3.8, 4) is 0 Å². The van der Waals surface area contributed by atoms with Crippen LogP contribution in [0.3, 0.4) is 0 Å². The van der Waals surface area contributed by atoms with Gasteiger partial charge in [-0.05, 0) is 54.3 Å². The zero-order chi connectivity index (χ0) is 14.0. The highest BCUT2D eigenvalue weighted by Crippen LogP contribution is 2.21. The van der Waals surface area contributed by atoms with Crippen molar-refractivity contribution in [2.24, 2.45) is 0 Å². The van der Waals surface area contributed by atoms with Gasteiger partial charge in [-0.2, -0.15) is 0 Å². The molecule has 104 valence electrons. The van der Waals surface area contributed by atoms with E-state index in [9.17, 15) is 4.79 Å². The van der Waals surface area contributed by atoms with Gasteiger partial charge in [0, 0.05) is 34.3 Å². The van der Waals surface area contributed by atoms with Crippen LogP contribution >= 0.6 is 34.2 Å². The number of likely N-dealkylation sites (N-methyl/N-ethyl adjacent to an activating group) is 1. The lowest BCUT2D eigenvalue weighted by atomic mass is 10.1. The minimum absolute atomic E-state index is 0.0958. The van der Waals surface area contributed by atoms with Crippen molar-refractivity contribution in [3.05, 3.63) is 32.4 Å². The van der Waals surface area contributed by atoms with E-state index in [1.165, 1.54) is 0 Å². The molecular weight excluding hydrogens is 375 g/mol. The van der Waals surface area contributed by atoms with E-state index in [0.717, 1.165) is 29.6 Å². The molecule has 1 aromatic carbocycles. The maximum atomic E-state index is 12.6. The van der Waals surface area contributed by atoms with Crippen molar-refractivity contribution >= 4 is 40.1 Å². The zero-order valence-electron chi connectivity index (χ0n) is 11.2. The van der Waals surface area contributed by atoms with E-state index in [1.807, 2.05) is 17.0 Å². The Morgan fingerprint density at radius 1 is 1.47 bits per heavy atom. The van der Waals surface area contributed by atoms with E-state index in [2.05, 4.69) is 41.5 Å². The lowest BCUT2D eigenvalue weighted by Crippen LogP contribution is -2.53. The van der Waals surface area contributed by atoms with Gasteiger partial charge in [0.1, 0.15) is 0 Å². The third kappa shape index (κ3) is 3.41. The summed E-state index contributed by atoms with van der Waals surface area (Å²) in [5.41, 5.74) is 0.715.